The molecule has 0 bridgehead atoms. The minimum Gasteiger partial charge on any atom is -0.389 e. The number of allylic oxidation sites excluding steroid dienone is 1. The maximum absolute atomic E-state index is 12.6. The van der Waals surface area contributed by atoms with Crippen LogP contribution in [-0.2, 0) is 19.7 Å². The number of Topliss-reactive ketones (excluding diaryl/α,β-unsaturated/α-hetero) is 1. The van der Waals surface area contributed by atoms with Crippen molar-refractivity contribution in [2.75, 3.05) is 13.2 Å². The number of carbonyl (C=O) groups is 2. The molecule has 1 aromatic rings. The number of nitrogens with one attached hydrogen (secondary N) is 1. The zero-order chi connectivity index (χ0) is 28.8. The van der Waals surface area contributed by atoms with E-state index in [1.54, 1.807) is 0 Å². The minimum absolute atomic E-state index is 0.0359. The Morgan fingerprint density at radius 1 is 1.12 bits per heavy atom. The van der Waals surface area contributed by atoms with Crippen molar-refractivity contribution in [3.05, 3.63) is 48.0 Å². The van der Waals surface area contributed by atoms with Crippen molar-refractivity contribution in [1.29, 1.82) is 0 Å². The summed E-state index contributed by atoms with van der Waals surface area (Å²) >= 11 is 0. The second-order valence-corrected chi connectivity index (χ2v) is 13.0. The number of hydrogen-bond donors (Lipinski definition) is 2. The van der Waals surface area contributed by atoms with Crippen molar-refractivity contribution in [2.24, 2.45) is 11.8 Å². The number of amides is 1. The van der Waals surface area contributed by atoms with Gasteiger partial charge in [-0.2, -0.15) is 0 Å². The highest BCUT2D eigenvalue weighted by molar-refractivity contribution is 5.83. The van der Waals surface area contributed by atoms with Gasteiger partial charge in [-0.15, -0.1) is 0 Å². The number of ketones is 1. The summed E-state index contributed by atoms with van der Waals surface area (Å²) in [5.41, 5.74) is 1.23. The van der Waals surface area contributed by atoms with Crippen molar-refractivity contribution in [3.63, 3.8) is 0 Å². The van der Waals surface area contributed by atoms with E-state index in [0.29, 0.717) is 25.2 Å². The number of ether oxygens (including phenoxy) is 1. The second-order valence-electron chi connectivity index (χ2n) is 13.0. The molecule has 0 spiro atoms. The van der Waals surface area contributed by atoms with Crippen LogP contribution >= 0.6 is 0 Å². The first kappa shape index (κ1) is 32.5. The van der Waals surface area contributed by atoms with E-state index in [0.717, 1.165) is 90.1 Å². The molecule has 0 radical (unpaired) electrons. The van der Waals surface area contributed by atoms with Gasteiger partial charge in [0.15, 0.2) is 0 Å². The van der Waals surface area contributed by atoms with Crippen LogP contribution in [0.4, 0.5) is 0 Å². The van der Waals surface area contributed by atoms with Gasteiger partial charge >= 0.3 is 0 Å². The Hall–Kier alpha value is -1.98. The van der Waals surface area contributed by atoms with E-state index in [4.69, 9.17) is 4.74 Å². The largest absolute Gasteiger partial charge is 0.389 e. The molecule has 1 saturated carbocycles. The summed E-state index contributed by atoms with van der Waals surface area (Å²) in [5, 5.41) is 13.4. The summed E-state index contributed by atoms with van der Waals surface area (Å²) in [6.07, 6.45) is 17.8. The minimum atomic E-state index is -0.388. The third-order valence-corrected chi connectivity index (χ3v) is 9.16. The second kappa shape index (κ2) is 16.5. The van der Waals surface area contributed by atoms with Gasteiger partial charge in [0.1, 0.15) is 5.78 Å². The predicted molar refractivity (Wildman–Crippen MR) is 163 cm³/mol. The first-order valence-electron chi connectivity index (χ1n) is 16.1. The number of hydrogen-bond acceptors (Lipinski definition) is 4. The molecular weight excluding hydrogens is 498 g/mol. The van der Waals surface area contributed by atoms with Crippen LogP contribution in [0.2, 0.25) is 0 Å². The standard InChI is InChI=1S/C35H55NO4/c1-4-5-9-16-30(37)21-19-28-20-22-32(38)31(28)17-12-6-7-13-18-33(39)36-25-23-35(29-14-10-8-11-15-29)24-26-40-34(2,3)27-35/h8,10-11,14-15,19,21,28,30-31,37H,4-7,9,12-13,16-18,20,22-27H2,1-3H3,(H,36,39)/b21-19+/t28-,30-,31+,35?/m0/s1. The summed E-state index contributed by atoms with van der Waals surface area (Å²) in [6.45, 7) is 7.95. The van der Waals surface area contributed by atoms with Crippen molar-refractivity contribution in [2.45, 2.75) is 134 Å². The van der Waals surface area contributed by atoms with E-state index < -0.39 is 0 Å². The smallest absolute Gasteiger partial charge is 0.219 e. The lowest BCUT2D eigenvalue weighted by atomic mass is 9.67. The molecule has 2 aliphatic rings. The summed E-state index contributed by atoms with van der Waals surface area (Å²) < 4.78 is 6.02. The Bertz CT molecular complexity index is 927. The number of aliphatic hydroxyl groups is 1. The monoisotopic (exact) mass is 553 g/mol. The molecule has 2 fully saturated rings. The number of benzene rings is 1. The number of carbonyl (C=O) groups excluding carboxylic acids is 2. The molecule has 224 valence electrons. The van der Waals surface area contributed by atoms with Crippen molar-refractivity contribution >= 4 is 11.7 Å². The van der Waals surface area contributed by atoms with Gasteiger partial charge in [-0.1, -0.05) is 87.9 Å². The zero-order valence-corrected chi connectivity index (χ0v) is 25.5. The van der Waals surface area contributed by atoms with E-state index in [1.807, 2.05) is 6.08 Å². The Labute approximate surface area is 243 Å². The van der Waals surface area contributed by atoms with Gasteiger partial charge in [0.25, 0.3) is 0 Å². The van der Waals surface area contributed by atoms with Crippen molar-refractivity contribution in [1.82, 2.24) is 5.32 Å². The topological polar surface area (TPSA) is 75.6 Å². The summed E-state index contributed by atoms with van der Waals surface area (Å²) in [7, 11) is 0. The summed E-state index contributed by atoms with van der Waals surface area (Å²) in [4.78, 5) is 25.0. The third kappa shape index (κ3) is 10.4. The molecular formula is C35H55NO4. The fraction of sp³-hybridized carbons (Fsp3) is 0.714. The Kier molecular flexibility index (Phi) is 13.4. The highest BCUT2D eigenvalue weighted by atomic mass is 16.5. The van der Waals surface area contributed by atoms with Gasteiger partial charge in [0, 0.05) is 37.3 Å². The molecule has 40 heavy (non-hydrogen) atoms. The SMILES string of the molecule is CCCCC[C@H](O)/C=C/[C@H]1CCC(=O)[C@@H]1CCCCCCC(=O)NCCC1(c2ccccc2)CCOC(C)(C)C1. The first-order valence-corrected chi connectivity index (χ1v) is 16.1. The highest BCUT2D eigenvalue weighted by Gasteiger charge is 2.41. The molecule has 1 amide bonds. The van der Waals surface area contributed by atoms with Crippen LogP contribution in [0.1, 0.15) is 123 Å². The lowest BCUT2D eigenvalue weighted by Gasteiger charge is -2.45. The van der Waals surface area contributed by atoms with Crippen molar-refractivity contribution in [3.8, 4) is 0 Å². The molecule has 0 aromatic heterocycles. The fourth-order valence-corrected chi connectivity index (χ4v) is 6.92. The van der Waals surface area contributed by atoms with Gasteiger partial charge in [0.2, 0.25) is 5.91 Å². The molecule has 4 atom stereocenters. The Morgan fingerprint density at radius 3 is 2.65 bits per heavy atom. The average molecular weight is 554 g/mol. The van der Waals surface area contributed by atoms with E-state index >= 15 is 0 Å². The number of rotatable bonds is 17. The van der Waals surface area contributed by atoms with Crippen LogP contribution in [-0.4, -0.2) is 41.7 Å². The molecule has 3 rings (SSSR count). The van der Waals surface area contributed by atoms with Crippen LogP contribution < -0.4 is 5.32 Å². The first-order chi connectivity index (χ1) is 19.2. The highest BCUT2D eigenvalue weighted by Crippen LogP contribution is 2.43. The van der Waals surface area contributed by atoms with Gasteiger partial charge in [0.05, 0.1) is 11.7 Å². The van der Waals surface area contributed by atoms with E-state index in [2.05, 4.69) is 62.5 Å². The zero-order valence-electron chi connectivity index (χ0n) is 25.5. The molecule has 1 aliphatic heterocycles. The van der Waals surface area contributed by atoms with E-state index in [-0.39, 0.29) is 34.9 Å². The Balaban J connectivity index is 1.32. The molecule has 1 heterocycles. The average Bonchev–Trinajstić information content (AvgIpc) is 3.28. The lowest BCUT2D eigenvalue weighted by Crippen LogP contribution is -2.45. The molecule has 5 heteroatoms. The van der Waals surface area contributed by atoms with Crippen LogP contribution in [0.25, 0.3) is 0 Å². The van der Waals surface area contributed by atoms with Crippen LogP contribution in [0, 0.1) is 11.8 Å². The van der Waals surface area contributed by atoms with E-state index in [9.17, 15) is 14.7 Å². The molecule has 1 aliphatic carbocycles. The summed E-state index contributed by atoms with van der Waals surface area (Å²) in [6, 6.07) is 10.7. The lowest BCUT2D eigenvalue weighted by molar-refractivity contribution is -0.122. The van der Waals surface area contributed by atoms with Gasteiger partial charge < -0.3 is 15.2 Å². The Morgan fingerprint density at radius 2 is 1.90 bits per heavy atom. The number of unbranched alkanes of at least 4 members (excludes halogenated alkanes) is 5. The maximum Gasteiger partial charge on any atom is 0.219 e. The molecule has 1 saturated heterocycles. The molecule has 2 N–H and O–H groups in total. The van der Waals surface area contributed by atoms with Crippen molar-refractivity contribution < 1.29 is 19.4 Å². The normalized spacial score (nSPS) is 25.4. The number of aliphatic hydroxyl groups excluding tert-OH is 1. The van der Waals surface area contributed by atoms with Gasteiger partial charge in [-0.3, -0.25) is 9.59 Å². The predicted octanol–water partition coefficient (Wildman–Crippen LogP) is 7.45. The van der Waals surface area contributed by atoms with Crippen LogP contribution in [0.5, 0.6) is 0 Å². The quantitative estimate of drug-likeness (QED) is 0.155. The maximum atomic E-state index is 12.6. The molecule has 5 nitrogen and oxygen atoms in total. The van der Waals surface area contributed by atoms with Gasteiger partial charge in [-0.25, -0.2) is 0 Å². The molecule has 1 unspecified atom stereocenters. The van der Waals surface area contributed by atoms with Crippen LogP contribution in [0.3, 0.4) is 0 Å². The van der Waals surface area contributed by atoms with E-state index in [1.165, 1.54) is 5.56 Å². The van der Waals surface area contributed by atoms with Gasteiger partial charge in [-0.05, 0) is 70.3 Å². The van der Waals surface area contributed by atoms with Crippen LogP contribution in [0.15, 0.2) is 42.5 Å². The fourth-order valence-electron chi connectivity index (χ4n) is 6.92. The summed E-state index contributed by atoms with van der Waals surface area (Å²) in [5.74, 6) is 0.910. The third-order valence-electron chi connectivity index (χ3n) is 9.16. The molecule has 1 aromatic carbocycles.